The largest absolute Gasteiger partial charge is 0.457 e. The standard InChI is InChI=1S/C20H18N4O4/c1-23-17-15(18(25)24(2)20(23)27)16(21-19(26)22-17)12-7-6-10-14(11-12)28-13-8-4-3-5-9-13/h3-11,16H,1-2H3,(H2,21,22,26). The van der Waals surface area contributed by atoms with E-state index in [9.17, 15) is 14.4 Å². The lowest BCUT2D eigenvalue weighted by molar-refractivity contribution is 0.248. The number of aromatic nitrogens is 2. The van der Waals surface area contributed by atoms with Crippen LogP contribution in [0.2, 0.25) is 0 Å². The highest BCUT2D eigenvalue weighted by Gasteiger charge is 2.31. The Hall–Kier alpha value is -3.81. The van der Waals surface area contributed by atoms with Gasteiger partial charge in [0.15, 0.2) is 0 Å². The first-order valence-corrected chi connectivity index (χ1v) is 8.66. The van der Waals surface area contributed by atoms with Gasteiger partial charge in [0.05, 0.1) is 11.6 Å². The molecule has 2 aromatic carbocycles. The Morgan fingerprint density at radius 1 is 0.893 bits per heavy atom. The van der Waals surface area contributed by atoms with E-state index in [4.69, 9.17) is 4.74 Å². The van der Waals surface area contributed by atoms with E-state index in [1.165, 1.54) is 18.7 Å². The van der Waals surface area contributed by atoms with Gasteiger partial charge in [0.2, 0.25) is 0 Å². The maximum absolute atomic E-state index is 12.8. The van der Waals surface area contributed by atoms with E-state index in [0.29, 0.717) is 22.6 Å². The number of hydrogen-bond donors (Lipinski definition) is 2. The van der Waals surface area contributed by atoms with Crippen LogP contribution >= 0.6 is 0 Å². The van der Waals surface area contributed by atoms with Crippen LogP contribution < -0.4 is 26.6 Å². The van der Waals surface area contributed by atoms with Crippen LogP contribution in [0.15, 0.2) is 64.2 Å². The topological polar surface area (TPSA) is 94.4 Å². The first-order valence-electron chi connectivity index (χ1n) is 8.66. The molecule has 2 heterocycles. The minimum absolute atomic E-state index is 0.191. The number of para-hydroxylation sites is 1. The van der Waals surface area contributed by atoms with E-state index in [0.717, 1.165) is 4.57 Å². The Morgan fingerprint density at radius 3 is 2.36 bits per heavy atom. The second-order valence-electron chi connectivity index (χ2n) is 6.49. The third-order valence-electron chi connectivity index (χ3n) is 4.67. The molecule has 28 heavy (non-hydrogen) atoms. The Balaban J connectivity index is 1.81. The van der Waals surface area contributed by atoms with Crippen LogP contribution in [0.5, 0.6) is 11.5 Å². The van der Waals surface area contributed by atoms with Crippen LogP contribution in [0.3, 0.4) is 0 Å². The number of carbonyl (C=O) groups is 1. The summed E-state index contributed by atoms with van der Waals surface area (Å²) in [6.45, 7) is 0. The van der Waals surface area contributed by atoms with Gasteiger partial charge in [-0.3, -0.25) is 19.2 Å². The third-order valence-corrected chi connectivity index (χ3v) is 4.67. The molecule has 0 saturated carbocycles. The van der Waals surface area contributed by atoms with Crippen molar-refractivity contribution in [3.8, 4) is 11.5 Å². The van der Waals surface area contributed by atoms with Crippen molar-refractivity contribution in [2.45, 2.75) is 6.04 Å². The molecule has 1 unspecified atom stereocenters. The fraction of sp³-hybridized carbons (Fsp3) is 0.150. The molecule has 1 atom stereocenters. The zero-order valence-corrected chi connectivity index (χ0v) is 15.3. The first-order chi connectivity index (χ1) is 13.5. The second-order valence-corrected chi connectivity index (χ2v) is 6.49. The number of nitrogens with one attached hydrogen (secondary N) is 2. The zero-order valence-electron chi connectivity index (χ0n) is 15.3. The molecule has 0 spiro atoms. The monoisotopic (exact) mass is 378 g/mol. The van der Waals surface area contributed by atoms with Gasteiger partial charge in [-0.25, -0.2) is 9.59 Å². The van der Waals surface area contributed by atoms with E-state index < -0.39 is 23.3 Å². The zero-order chi connectivity index (χ0) is 19.8. The minimum Gasteiger partial charge on any atom is -0.457 e. The van der Waals surface area contributed by atoms with E-state index in [-0.39, 0.29) is 5.82 Å². The van der Waals surface area contributed by atoms with Crippen LogP contribution in [0.4, 0.5) is 10.6 Å². The van der Waals surface area contributed by atoms with E-state index in [2.05, 4.69) is 10.6 Å². The summed E-state index contributed by atoms with van der Waals surface area (Å²) in [6, 6.07) is 15.2. The molecule has 1 aliphatic heterocycles. The van der Waals surface area contributed by atoms with Gasteiger partial charge in [-0.1, -0.05) is 30.3 Å². The van der Waals surface area contributed by atoms with Crippen LogP contribution in [-0.4, -0.2) is 15.2 Å². The Kier molecular flexibility index (Phi) is 4.23. The number of benzene rings is 2. The lowest BCUT2D eigenvalue weighted by Gasteiger charge is -2.28. The molecular formula is C20H18N4O4. The maximum atomic E-state index is 12.8. The fourth-order valence-corrected chi connectivity index (χ4v) is 3.26. The number of ether oxygens (including phenoxy) is 1. The van der Waals surface area contributed by atoms with Crippen molar-refractivity contribution in [2.75, 3.05) is 5.32 Å². The van der Waals surface area contributed by atoms with Gasteiger partial charge in [-0.15, -0.1) is 0 Å². The van der Waals surface area contributed by atoms with Gasteiger partial charge in [0.1, 0.15) is 17.3 Å². The predicted molar refractivity (Wildman–Crippen MR) is 104 cm³/mol. The maximum Gasteiger partial charge on any atom is 0.332 e. The quantitative estimate of drug-likeness (QED) is 0.730. The van der Waals surface area contributed by atoms with Gasteiger partial charge in [-0.05, 0) is 29.8 Å². The molecule has 0 saturated heterocycles. The molecule has 8 heteroatoms. The van der Waals surface area contributed by atoms with Crippen molar-refractivity contribution >= 4 is 11.8 Å². The number of nitrogens with zero attached hydrogens (tertiary/aromatic N) is 2. The summed E-state index contributed by atoms with van der Waals surface area (Å²) in [5.74, 6) is 1.43. The summed E-state index contributed by atoms with van der Waals surface area (Å²) in [5, 5.41) is 5.32. The molecule has 1 aromatic heterocycles. The molecule has 3 aromatic rings. The average Bonchev–Trinajstić information content (AvgIpc) is 2.71. The smallest absolute Gasteiger partial charge is 0.332 e. The Morgan fingerprint density at radius 2 is 1.61 bits per heavy atom. The highest BCUT2D eigenvalue weighted by atomic mass is 16.5. The van der Waals surface area contributed by atoms with E-state index in [1.54, 1.807) is 24.3 Å². The Bertz CT molecular complexity index is 1180. The predicted octanol–water partition coefficient (Wildman–Crippen LogP) is 2.10. The molecular weight excluding hydrogens is 360 g/mol. The SMILES string of the molecule is Cn1c2c(c(=O)n(C)c1=O)C(c1cccc(Oc3ccccc3)c1)NC(=O)N2. The molecule has 4 rings (SSSR count). The van der Waals surface area contributed by atoms with E-state index >= 15 is 0 Å². The van der Waals surface area contributed by atoms with E-state index in [1.807, 2.05) is 30.3 Å². The fourth-order valence-electron chi connectivity index (χ4n) is 3.26. The van der Waals surface area contributed by atoms with Gasteiger partial charge >= 0.3 is 11.7 Å². The highest BCUT2D eigenvalue weighted by Crippen LogP contribution is 2.31. The number of carbonyl (C=O) groups excluding carboxylic acids is 1. The first kappa shape index (κ1) is 17.6. The molecule has 1 aliphatic rings. The summed E-state index contributed by atoms with van der Waals surface area (Å²) < 4.78 is 8.13. The normalized spacial score (nSPS) is 15.4. The van der Waals surface area contributed by atoms with Gasteiger partial charge in [-0.2, -0.15) is 0 Å². The molecule has 2 amide bonds. The third kappa shape index (κ3) is 2.94. The number of fused-ring (bicyclic) bond motifs is 1. The second kappa shape index (κ2) is 6.73. The lowest BCUT2D eigenvalue weighted by Crippen LogP contribution is -2.49. The van der Waals surface area contributed by atoms with Crippen LogP contribution in [0.1, 0.15) is 17.2 Å². The summed E-state index contributed by atoms with van der Waals surface area (Å²) in [7, 11) is 2.92. The summed E-state index contributed by atoms with van der Waals surface area (Å²) in [5.41, 5.74) is -0.0165. The molecule has 8 nitrogen and oxygen atoms in total. The van der Waals surface area contributed by atoms with Crippen LogP contribution in [0.25, 0.3) is 0 Å². The summed E-state index contributed by atoms with van der Waals surface area (Å²) >= 11 is 0. The number of amides is 2. The molecule has 142 valence electrons. The Labute approximate surface area is 160 Å². The van der Waals surface area contributed by atoms with Crippen molar-refractivity contribution in [1.82, 2.24) is 14.5 Å². The van der Waals surface area contributed by atoms with Crippen molar-refractivity contribution in [2.24, 2.45) is 14.1 Å². The minimum atomic E-state index is -0.714. The molecule has 0 bridgehead atoms. The van der Waals surface area contributed by atoms with Crippen molar-refractivity contribution < 1.29 is 9.53 Å². The van der Waals surface area contributed by atoms with Gasteiger partial charge in [0.25, 0.3) is 5.56 Å². The molecule has 0 radical (unpaired) electrons. The highest BCUT2D eigenvalue weighted by molar-refractivity contribution is 5.92. The summed E-state index contributed by atoms with van der Waals surface area (Å²) in [6.07, 6.45) is 0. The number of anilines is 1. The van der Waals surface area contributed by atoms with Crippen molar-refractivity contribution in [3.63, 3.8) is 0 Å². The number of urea groups is 1. The summed E-state index contributed by atoms with van der Waals surface area (Å²) in [4.78, 5) is 37.2. The molecule has 0 aliphatic carbocycles. The van der Waals surface area contributed by atoms with Crippen LogP contribution in [0, 0.1) is 0 Å². The van der Waals surface area contributed by atoms with Gasteiger partial charge < -0.3 is 10.1 Å². The number of rotatable bonds is 3. The molecule has 2 N–H and O–H groups in total. The lowest BCUT2D eigenvalue weighted by atomic mass is 9.98. The van der Waals surface area contributed by atoms with Gasteiger partial charge in [0, 0.05) is 14.1 Å². The average molecular weight is 378 g/mol. The molecule has 0 fully saturated rings. The number of hydrogen-bond acceptors (Lipinski definition) is 4. The van der Waals surface area contributed by atoms with Crippen LogP contribution in [-0.2, 0) is 14.1 Å². The van der Waals surface area contributed by atoms with Crippen molar-refractivity contribution in [3.05, 3.63) is 86.6 Å². The van der Waals surface area contributed by atoms with Crippen molar-refractivity contribution in [1.29, 1.82) is 0 Å².